The summed E-state index contributed by atoms with van der Waals surface area (Å²) in [5, 5.41) is 2.72. The summed E-state index contributed by atoms with van der Waals surface area (Å²) in [6.07, 6.45) is 0. The minimum atomic E-state index is -1.09. The fraction of sp³-hybridized carbons (Fsp3) is 0.167. The van der Waals surface area contributed by atoms with Crippen molar-refractivity contribution < 1.29 is 13.6 Å². The lowest BCUT2D eigenvalue weighted by Crippen LogP contribution is -2.41. The number of hydrogen-bond acceptors (Lipinski definition) is 3. The maximum atomic E-state index is 13.3. The minimum Gasteiger partial charge on any atom is -0.324 e. The molecule has 3 aromatic rings. The standard InChI is InChI=1S/C18H15F2N3O3/c1-2-22-17(25)12-5-3-4-6-15(12)23(18(22)26)10-16(24)21-11-7-8-13(19)14(20)9-11/h3-9H,2,10H2,1H3,(H,21,24). The van der Waals surface area contributed by atoms with Crippen molar-refractivity contribution in [3.8, 4) is 0 Å². The Kier molecular flexibility index (Phi) is 4.66. The fourth-order valence-corrected chi connectivity index (χ4v) is 2.72. The normalized spacial score (nSPS) is 10.9. The zero-order chi connectivity index (χ0) is 18.8. The molecule has 0 aliphatic carbocycles. The van der Waals surface area contributed by atoms with Crippen LogP contribution in [0.25, 0.3) is 10.9 Å². The van der Waals surface area contributed by atoms with E-state index in [1.54, 1.807) is 31.2 Å². The summed E-state index contributed by atoms with van der Waals surface area (Å²) >= 11 is 0. The molecular formula is C18H15F2N3O3. The highest BCUT2D eigenvalue weighted by molar-refractivity contribution is 5.91. The molecule has 26 heavy (non-hydrogen) atoms. The number of anilines is 1. The molecule has 2 aromatic carbocycles. The van der Waals surface area contributed by atoms with Crippen LogP contribution >= 0.6 is 0 Å². The fourth-order valence-electron chi connectivity index (χ4n) is 2.72. The van der Waals surface area contributed by atoms with Crippen molar-refractivity contribution >= 4 is 22.5 Å². The van der Waals surface area contributed by atoms with Crippen LogP contribution < -0.4 is 16.6 Å². The van der Waals surface area contributed by atoms with Crippen molar-refractivity contribution in [1.82, 2.24) is 9.13 Å². The van der Waals surface area contributed by atoms with E-state index in [0.29, 0.717) is 10.9 Å². The maximum absolute atomic E-state index is 13.3. The van der Waals surface area contributed by atoms with E-state index in [0.717, 1.165) is 16.7 Å². The molecule has 0 aliphatic rings. The molecule has 1 heterocycles. The quantitative estimate of drug-likeness (QED) is 0.775. The highest BCUT2D eigenvalue weighted by atomic mass is 19.2. The number of amides is 1. The van der Waals surface area contributed by atoms with Crippen LogP contribution in [0.5, 0.6) is 0 Å². The van der Waals surface area contributed by atoms with Gasteiger partial charge in [0.25, 0.3) is 5.56 Å². The molecule has 0 saturated carbocycles. The van der Waals surface area contributed by atoms with E-state index in [1.807, 2.05) is 0 Å². The van der Waals surface area contributed by atoms with Gasteiger partial charge in [0.2, 0.25) is 5.91 Å². The molecule has 8 heteroatoms. The van der Waals surface area contributed by atoms with Gasteiger partial charge in [0, 0.05) is 18.3 Å². The van der Waals surface area contributed by atoms with Gasteiger partial charge in [0.05, 0.1) is 10.9 Å². The first-order valence-electron chi connectivity index (χ1n) is 7.89. The molecule has 0 fully saturated rings. The number of nitrogens with zero attached hydrogens (tertiary/aromatic N) is 2. The van der Waals surface area contributed by atoms with Crippen LogP contribution in [0.2, 0.25) is 0 Å². The van der Waals surface area contributed by atoms with Gasteiger partial charge in [-0.25, -0.2) is 13.6 Å². The Bertz CT molecular complexity index is 1120. The van der Waals surface area contributed by atoms with Gasteiger partial charge in [-0.05, 0) is 31.2 Å². The molecule has 0 atom stereocenters. The lowest BCUT2D eigenvalue weighted by Gasteiger charge is -2.13. The van der Waals surface area contributed by atoms with E-state index in [-0.39, 0.29) is 18.8 Å². The van der Waals surface area contributed by atoms with Gasteiger partial charge in [-0.2, -0.15) is 0 Å². The Balaban J connectivity index is 2.00. The van der Waals surface area contributed by atoms with Crippen molar-refractivity contribution in [3.63, 3.8) is 0 Å². The van der Waals surface area contributed by atoms with Crippen LogP contribution in [0.4, 0.5) is 14.5 Å². The minimum absolute atomic E-state index is 0.0649. The summed E-state index contributed by atoms with van der Waals surface area (Å²) in [6, 6.07) is 9.42. The molecule has 0 saturated heterocycles. The molecule has 1 N–H and O–H groups in total. The topological polar surface area (TPSA) is 73.1 Å². The maximum Gasteiger partial charge on any atom is 0.331 e. The number of carbonyl (C=O) groups excluding carboxylic acids is 1. The number of hydrogen-bond donors (Lipinski definition) is 1. The molecule has 0 aliphatic heterocycles. The third-order valence-corrected chi connectivity index (χ3v) is 3.95. The molecule has 6 nitrogen and oxygen atoms in total. The average molecular weight is 359 g/mol. The van der Waals surface area contributed by atoms with Crippen LogP contribution in [0.1, 0.15) is 6.92 Å². The molecule has 3 rings (SSSR count). The smallest absolute Gasteiger partial charge is 0.324 e. The summed E-state index contributed by atoms with van der Waals surface area (Å²) < 4.78 is 28.4. The molecule has 1 aromatic heterocycles. The van der Waals surface area contributed by atoms with E-state index in [9.17, 15) is 23.2 Å². The number of fused-ring (bicyclic) bond motifs is 1. The SMILES string of the molecule is CCn1c(=O)c2ccccc2n(CC(=O)Nc2ccc(F)c(F)c2)c1=O. The molecule has 134 valence electrons. The van der Waals surface area contributed by atoms with E-state index in [2.05, 4.69) is 5.32 Å². The monoisotopic (exact) mass is 359 g/mol. The number of aromatic nitrogens is 2. The van der Waals surface area contributed by atoms with Gasteiger partial charge in [-0.1, -0.05) is 12.1 Å². The van der Waals surface area contributed by atoms with E-state index in [4.69, 9.17) is 0 Å². The Morgan fingerprint density at radius 1 is 1.04 bits per heavy atom. The lowest BCUT2D eigenvalue weighted by molar-refractivity contribution is -0.116. The summed E-state index contributed by atoms with van der Waals surface area (Å²) in [4.78, 5) is 37.2. The number of nitrogens with one attached hydrogen (secondary N) is 1. The summed E-state index contributed by atoms with van der Waals surface area (Å²) in [5.74, 6) is -2.73. The third-order valence-electron chi connectivity index (χ3n) is 3.95. The molecule has 0 bridgehead atoms. The first kappa shape index (κ1) is 17.5. The van der Waals surface area contributed by atoms with E-state index in [1.165, 1.54) is 10.6 Å². The van der Waals surface area contributed by atoms with Gasteiger partial charge >= 0.3 is 5.69 Å². The van der Waals surface area contributed by atoms with Crippen LogP contribution in [-0.2, 0) is 17.9 Å². The summed E-state index contributed by atoms with van der Waals surface area (Å²) in [6.45, 7) is 1.44. The second-order valence-electron chi connectivity index (χ2n) is 5.61. The number of halogens is 2. The first-order chi connectivity index (χ1) is 12.4. The van der Waals surface area contributed by atoms with Gasteiger partial charge < -0.3 is 5.32 Å². The van der Waals surface area contributed by atoms with Gasteiger partial charge in [0.1, 0.15) is 6.54 Å². The molecule has 0 radical (unpaired) electrons. The Labute approximate surface area is 146 Å². The van der Waals surface area contributed by atoms with Crippen molar-refractivity contribution in [1.29, 1.82) is 0 Å². The number of rotatable bonds is 4. The Morgan fingerprint density at radius 2 is 1.77 bits per heavy atom. The zero-order valence-electron chi connectivity index (χ0n) is 13.8. The lowest BCUT2D eigenvalue weighted by atomic mass is 10.2. The van der Waals surface area contributed by atoms with Crippen LogP contribution in [-0.4, -0.2) is 15.0 Å². The summed E-state index contributed by atoms with van der Waals surface area (Å²) in [5.41, 5.74) is -0.648. The predicted octanol–water partition coefficient (Wildman–Crippen LogP) is 2.10. The number of benzene rings is 2. The van der Waals surface area contributed by atoms with E-state index >= 15 is 0 Å². The van der Waals surface area contributed by atoms with Gasteiger partial charge in [-0.15, -0.1) is 0 Å². The van der Waals surface area contributed by atoms with Crippen LogP contribution in [0, 0.1) is 11.6 Å². The van der Waals surface area contributed by atoms with Crippen molar-refractivity contribution in [3.05, 3.63) is 74.9 Å². The molecule has 0 spiro atoms. The van der Waals surface area contributed by atoms with Crippen molar-refractivity contribution in [2.75, 3.05) is 5.32 Å². The van der Waals surface area contributed by atoms with Crippen LogP contribution in [0.15, 0.2) is 52.1 Å². The van der Waals surface area contributed by atoms with Gasteiger partial charge in [-0.3, -0.25) is 18.7 Å². The average Bonchev–Trinajstić information content (AvgIpc) is 2.62. The zero-order valence-corrected chi connectivity index (χ0v) is 13.8. The predicted molar refractivity (Wildman–Crippen MR) is 93.1 cm³/mol. The van der Waals surface area contributed by atoms with Crippen molar-refractivity contribution in [2.24, 2.45) is 0 Å². The van der Waals surface area contributed by atoms with Crippen LogP contribution in [0.3, 0.4) is 0 Å². The second kappa shape index (κ2) is 6.91. The van der Waals surface area contributed by atoms with Crippen molar-refractivity contribution in [2.45, 2.75) is 20.0 Å². The largest absolute Gasteiger partial charge is 0.331 e. The number of carbonyl (C=O) groups is 1. The molecule has 0 unspecified atom stereocenters. The third kappa shape index (κ3) is 3.13. The molecular weight excluding hydrogens is 344 g/mol. The van der Waals surface area contributed by atoms with E-state index < -0.39 is 28.8 Å². The number of para-hydroxylation sites is 1. The highest BCUT2D eigenvalue weighted by Crippen LogP contribution is 2.13. The Hall–Kier alpha value is -3.29. The molecule has 1 amide bonds. The second-order valence-corrected chi connectivity index (χ2v) is 5.61. The van der Waals surface area contributed by atoms with Gasteiger partial charge in [0.15, 0.2) is 11.6 Å². The highest BCUT2D eigenvalue weighted by Gasteiger charge is 2.15. The summed E-state index contributed by atoms with van der Waals surface area (Å²) in [7, 11) is 0. The first-order valence-corrected chi connectivity index (χ1v) is 7.89. The Morgan fingerprint density at radius 3 is 2.46 bits per heavy atom.